The number of likely N-dealkylation sites (N-methyl/N-ethyl adjacent to an activating group) is 1. The second kappa shape index (κ2) is 6.01. The minimum Gasteiger partial charge on any atom is -0.391 e. The van der Waals surface area contributed by atoms with E-state index in [-0.39, 0.29) is 17.5 Å². The summed E-state index contributed by atoms with van der Waals surface area (Å²) < 4.78 is 14.4. The molecule has 2 atom stereocenters. The number of hydrogen-bond donors (Lipinski definition) is 1. The van der Waals surface area contributed by atoms with Crippen LogP contribution in [0.5, 0.6) is 0 Å². The molecular formula is C14H17BrFNO2. The first-order chi connectivity index (χ1) is 9.00. The fourth-order valence-electron chi connectivity index (χ4n) is 2.55. The fourth-order valence-corrected chi connectivity index (χ4v) is 2.91. The van der Waals surface area contributed by atoms with Gasteiger partial charge in [-0.25, -0.2) is 4.39 Å². The molecule has 0 heterocycles. The maximum atomic E-state index is 13.7. The maximum Gasteiger partial charge on any atom is 0.256 e. The van der Waals surface area contributed by atoms with Gasteiger partial charge in [-0.1, -0.05) is 28.8 Å². The van der Waals surface area contributed by atoms with E-state index in [2.05, 4.69) is 15.9 Å². The monoisotopic (exact) mass is 329 g/mol. The van der Waals surface area contributed by atoms with Crippen LogP contribution in [0.1, 0.15) is 36.0 Å². The lowest BCUT2D eigenvalue weighted by molar-refractivity contribution is 0.0265. The smallest absolute Gasteiger partial charge is 0.256 e. The first kappa shape index (κ1) is 14.5. The molecule has 2 unspecified atom stereocenters. The summed E-state index contributed by atoms with van der Waals surface area (Å²) in [5, 5.41) is 9.96. The van der Waals surface area contributed by atoms with Gasteiger partial charge in [0.2, 0.25) is 0 Å². The van der Waals surface area contributed by atoms with Crippen LogP contribution in [0.4, 0.5) is 4.39 Å². The molecule has 0 spiro atoms. The zero-order chi connectivity index (χ0) is 14.0. The van der Waals surface area contributed by atoms with Crippen molar-refractivity contribution < 1.29 is 14.3 Å². The van der Waals surface area contributed by atoms with Gasteiger partial charge in [0.25, 0.3) is 5.91 Å². The Balaban J connectivity index is 2.20. The molecule has 0 bridgehead atoms. The molecule has 3 nitrogen and oxygen atoms in total. The second-order valence-corrected chi connectivity index (χ2v) is 5.88. The summed E-state index contributed by atoms with van der Waals surface area (Å²) in [5.41, 5.74) is 0.0367. The number of aliphatic hydroxyl groups is 1. The van der Waals surface area contributed by atoms with Crippen LogP contribution in [0.25, 0.3) is 0 Å². The van der Waals surface area contributed by atoms with E-state index in [0.29, 0.717) is 10.9 Å². The molecule has 1 saturated carbocycles. The standard InChI is InChI=1S/C14H17BrFNO2/c1-17(12-4-2-3-5-13(12)18)14(19)10-8-9(15)6-7-11(10)16/h6-8,12-13,18H,2-5H2,1H3. The van der Waals surface area contributed by atoms with E-state index in [1.54, 1.807) is 13.1 Å². The Morgan fingerprint density at radius 1 is 1.42 bits per heavy atom. The third kappa shape index (κ3) is 3.15. The number of carbonyl (C=O) groups is 1. The van der Waals surface area contributed by atoms with Crippen LogP contribution in [0, 0.1) is 5.82 Å². The Labute approximate surface area is 120 Å². The van der Waals surface area contributed by atoms with Crippen LogP contribution in [-0.2, 0) is 0 Å². The van der Waals surface area contributed by atoms with Crippen molar-refractivity contribution in [3.8, 4) is 0 Å². The number of benzene rings is 1. The summed E-state index contributed by atoms with van der Waals surface area (Å²) in [6.07, 6.45) is 2.91. The Kier molecular flexibility index (Phi) is 4.58. The van der Waals surface area contributed by atoms with Crippen molar-refractivity contribution in [1.29, 1.82) is 0 Å². The number of halogens is 2. The minimum absolute atomic E-state index is 0.0367. The molecule has 2 rings (SSSR count). The lowest BCUT2D eigenvalue weighted by Crippen LogP contribution is -2.46. The molecule has 0 saturated heterocycles. The Morgan fingerprint density at radius 2 is 2.11 bits per heavy atom. The van der Waals surface area contributed by atoms with E-state index >= 15 is 0 Å². The number of aliphatic hydroxyl groups excluding tert-OH is 1. The summed E-state index contributed by atoms with van der Waals surface area (Å²) >= 11 is 3.23. The number of amides is 1. The van der Waals surface area contributed by atoms with Gasteiger partial charge in [-0.15, -0.1) is 0 Å². The second-order valence-electron chi connectivity index (χ2n) is 4.96. The summed E-state index contributed by atoms with van der Waals surface area (Å²) in [4.78, 5) is 13.8. The van der Waals surface area contributed by atoms with Crippen LogP contribution in [-0.4, -0.2) is 35.1 Å². The molecule has 5 heteroatoms. The molecule has 0 radical (unpaired) electrons. The Morgan fingerprint density at radius 3 is 2.79 bits per heavy atom. The van der Waals surface area contributed by atoms with Gasteiger partial charge in [-0.05, 0) is 31.0 Å². The number of rotatable bonds is 2. The average Bonchev–Trinajstić information content (AvgIpc) is 2.40. The topological polar surface area (TPSA) is 40.5 Å². The maximum absolute atomic E-state index is 13.7. The van der Waals surface area contributed by atoms with Crippen molar-refractivity contribution in [2.75, 3.05) is 7.05 Å². The lowest BCUT2D eigenvalue weighted by atomic mass is 9.91. The summed E-state index contributed by atoms with van der Waals surface area (Å²) in [6.45, 7) is 0. The molecule has 0 aliphatic heterocycles. The highest BCUT2D eigenvalue weighted by molar-refractivity contribution is 9.10. The van der Waals surface area contributed by atoms with Crippen LogP contribution in [0.2, 0.25) is 0 Å². The van der Waals surface area contributed by atoms with Crippen LogP contribution in [0.15, 0.2) is 22.7 Å². The average molecular weight is 330 g/mol. The van der Waals surface area contributed by atoms with E-state index in [1.807, 2.05) is 0 Å². The van der Waals surface area contributed by atoms with Gasteiger partial charge in [-0.2, -0.15) is 0 Å². The molecule has 1 aromatic carbocycles. The highest BCUT2D eigenvalue weighted by Gasteiger charge is 2.30. The van der Waals surface area contributed by atoms with Crippen LogP contribution < -0.4 is 0 Å². The van der Waals surface area contributed by atoms with Crippen LogP contribution in [0.3, 0.4) is 0 Å². The van der Waals surface area contributed by atoms with E-state index in [9.17, 15) is 14.3 Å². The zero-order valence-electron chi connectivity index (χ0n) is 10.8. The van der Waals surface area contributed by atoms with Gasteiger partial charge in [0, 0.05) is 11.5 Å². The van der Waals surface area contributed by atoms with E-state index in [0.717, 1.165) is 19.3 Å². The van der Waals surface area contributed by atoms with E-state index in [4.69, 9.17) is 0 Å². The Bertz CT molecular complexity index is 481. The predicted octanol–water partition coefficient (Wildman–Crippen LogP) is 2.96. The quantitative estimate of drug-likeness (QED) is 0.906. The first-order valence-corrected chi connectivity index (χ1v) is 7.20. The SMILES string of the molecule is CN(C(=O)c1cc(Br)ccc1F)C1CCCCC1O. The summed E-state index contributed by atoms with van der Waals surface area (Å²) in [7, 11) is 1.63. The van der Waals surface area contributed by atoms with Crippen molar-refractivity contribution in [1.82, 2.24) is 4.90 Å². The zero-order valence-corrected chi connectivity index (χ0v) is 12.4. The lowest BCUT2D eigenvalue weighted by Gasteiger charge is -2.35. The number of nitrogens with zero attached hydrogens (tertiary/aromatic N) is 1. The highest BCUT2D eigenvalue weighted by atomic mass is 79.9. The molecule has 19 heavy (non-hydrogen) atoms. The molecular weight excluding hydrogens is 313 g/mol. The third-order valence-electron chi connectivity index (χ3n) is 3.67. The molecule has 1 aliphatic carbocycles. The first-order valence-electron chi connectivity index (χ1n) is 6.41. The molecule has 1 aliphatic rings. The predicted molar refractivity (Wildman–Crippen MR) is 74.5 cm³/mol. The summed E-state index contributed by atoms with van der Waals surface area (Å²) in [5.74, 6) is -0.921. The van der Waals surface area contributed by atoms with Gasteiger partial charge in [-0.3, -0.25) is 4.79 Å². The largest absolute Gasteiger partial charge is 0.391 e. The van der Waals surface area contributed by atoms with Gasteiger partial charge < -0.3 is 10.0 Å². The van der Waals surface area contributed by atoms with Gasteiger partial charge in [0.15, 0.2) is 0 Å². The van der Waals surface area contributed by atoms with Crippen molar-refractivity contribution in [2.24, 2.45) is 0 Å². The van der Waals surface area contributed by atoms with Crippen molar-refractivity contribution in [3.05, 3.63) is 34.1 Å². The third-order valence-corrected chi connectivity index (χ3v) is 4.16. The number of carbonyl (C=O) groups excluding carboxylic acids is 1. The van der Waals surface area contributed by atoms with Crippen LogP contribution >= 0.6 is 15.9 Å². The van der Waals surface area contributed by atoms with Crippen molar-refractivity contribution in [2.45, 2.75) is 37.8 Å². The Hall–Kier alpha value is -0.940. The minimum atomic E-state index is -0.537. The normalized spacial score (nSPS) is 23.2. The van der Waals surface area contributed by atoms with Crippen molar-refractivity contribution in [3.63, 3.8) is 0 Å². The molecule has 1 N–H and O–H groups in total. The molecule has 104 valence electrons. The highest BCUT2D eigenvalue weighted by Crippen LogP contribution is 2.25. The number of hydrogen-bond acceptors (Lipinski definition) is 2. The van der Waals surface area contributed by atoms with Gasteiger partial charge in [0.1, 0.15) is 5.82 Å². The molecule has 1 fully saturated rings. The van der Waals surface area contributed by atoms with Crippen molar-refractivity contribution >= 4 is 21.8 Å². The molecule has 1 aromatic rings. The van der Waals surface area contributed by atoms with Gasteiger partial charge >= 0.3 is 0 Å². The van der Waals surface area contributed by atoms with E-state index in [1.165, 1.54) is 17.0 Å². The summed E-state index contributed by atoms with van der Waals surface area (Å²) in [6, 6.07) is 4.08. The van der Waals surface area contributed by atoms with Gasteiger partial charge in [0.05, 0.1) is 17.7 Å². The van der Waals surface area contributed by atoms with E-state index < -0.39 is 11.9 Å². The fraction of sp³-hybridized carbons (Fsp3) is 0.500. The molecule has 1 amide bonds. The molecule has 0 aromatic heterocycles.